The Morgan fingerprint density at radius 3 is 2.40 bits per heavy atom. The first-order chi connectivity index (χ1) is 6.84. The van der Waals surface area contributed by atoms with E-state index in [1.165, 1.54) is 13.8 Å². The van der Waals surface area contributed by atoms with Gasteiger partial charge >= 0.3 is 0 Å². The fourth-order valence-corrected chi connectivity index (χ4v) is 3.37. The van der Waals surface area contributed by atoms with Gasteiger partial charge in [0.15, 0.2) is 4.75 Å². The van der Waals surface area contributed by atoms with E-state index in [-0.39, 0.29) is 5.92 Å². The Bertz CT molecular complexity index is 456. The Morgan fingerprint density at radius 1 is 1.53 bits per heavy atom. The second-order valence-corrected chi connectivity index (χ2v) is 6.89. The maximum absolute atomic E-state index is 11.8. The zero-order chi connectivity index (χ0) is 11.4. The van der Waals surface area contributed by atoms with Crippen LogP contribution in [-0.4, -0.2) is 29.4 Å². The van der Waals surface area contributed by atoms with Crippen LogP contribution in [0.15, 0.2) is 0 Å². The molecule has 1 atom stereocenters. The van der Waals surface area contributed by atoms with Gasteiger partial charge in [-0.05, 0) is 32.6 Å². The molecule has 0 spiro atoms. The van der Waals surface area contributed by atoms with Gasteiger partial charge in [0.2, 0.25) is 0 Å². The van der Waals surface area contributed by atoms with Crippen molar-refractivity contribution in [3.63, 3.8) is 0 Å². The SMILES string of the molecule is CC1(C)C(=O)N(C(C#N)C2CC2)S1(=O)=O. The largest absolute Gasteiger partial charge is 0.272 e. The molecule has 0 N–H and O–H groups in total. The number of hydrogen-bond acceptors (Lipinski definition) is 4. The van der Waals surface area contributed by atoms with Gasteiger partial charge in [-0.3, -0.25) is 4.79 Å². The van der Waals surface area contributed by atoms with Crippen LogP contribution in [0.1, 0.15) is 26.7 Å². The summed E-state index contributed by atoms with van der Waals surface area (Å²) in [5, 5.41) is 8.88. The molecule has 82 valence electrons. The number of nitrogens with zero attached hydrogens (tertiary/aromatic N) is 2. The van der Waals surface area contributed by atoms with E-state index in [9.17, 15) is 13.2 Å². The number of nitriles is 1. The summed E-state index contributed by atoms with van der Waals surface area (Å²) in [7, 11) is -3.60. The number of hydrogen-bond donors (Lipinski definition) is 0. The minimum atomic E-state index is -3.60. The number of sulfonamides is 1. The molecular weight excluding hydrogens is 216 g/mol. The third kappa shape index (κ3) is 1.13. The van der Waals surface area contributed by atoms with Gasteiger partial charge in [0.05, 0.1) is 6.07 Å². The van der Waals surface area contributed by atoms with Crippen molar-refractivity contribution >= 4 is 15.9 Å². The van der Waals surface area contributed by atoms with Crippen molar-refractivity contribution in [2.45, 2.75) is 37.5 Å². The topological polar surface area (TPSA) is 78.2 Å². The van der Waals surface area contributed by atoms with E-state index >= 15 is 0 Å². The van der Waals surface area contributed by atoms with Crippen LogP contribution < -0.4 is 0 Å². The standard InChI is InChI=1S/C9H12N2O3S/c1-9(2)8(12)11(15(9,13)14)7(5-10)6-3-4-6/h6-7H,3-4H2,1-2H3. The molecule has 1 unspecified atom stereocenters. The summed E-state index contributed by atoms with van der Waals surface area (Å²) < 4.78 is 23.0. The second-order valence-electron chi connectivity index (χ2n) is 4.53. The van der Waals surface area contributed by atoms with E-state index in [0.717, 1.165) is 17.1 Å². The summed E-state index contributed by atoms with van der Waals surface area (Å²) in [5.41, 5.74) is 0. The van der Waals surface area contributed by atoms with Gasteiger partial charge in [0, 0.05) is 0 Å². The van der Waals surface area contributed by atoms with Crippen LogP contribution in [0.3, 0.4) is 0 Å². The van der Waals surface area contributed by atoms with Crippen molar-refractivity contribution in [2.75, 3.05) is 0 Å². The fraction of sp³-hybridized carbons (Fsp3) is 0.778. The molecule has 0 aromatic heterocycles. The highest BCUT2D eigenvalue weighted by Crippen LogP contribution is 2.43. The Morgan fingerprint density at radius 2 is 2.07 bits per heavy atom. The molecule has 1 aliphatic heterocycles. The zero-order valence-electron chi connectivity index (χ0n) is 8.60. The molecule has 2 aliphatic rings. The van der Waals surface area contributed by atoms with Crippen molar-refractivity contribution in [3.8, 4) is 6.07 Å². The Balaban J connectivity index is 2.33. The molecule has 1 aliphatic carbocycles. The number of amides is 1. The smallest absolute Gasteiger partial charge is 0.260 e. The van der Waals surface area contributed by atoms with Gasteiger partial charge in [-0.2, -0.15) is 5.26 Å². The average Bonchev–Trinajstić information content (AvgIpc) is 2.95. The molecule has 15 heavy (non-hydrogen) atoms. The molecule has 5 nitrogen and oxygen atoms in total. The molecule has 0 aromatic rings. The van der Waals surface area contributed by atoms with Crippen LogP contribution in [0.5, 0.6) is 0 Å². The lowest BCUT2D eigenvalue weighted by Gasteiger charge is -2.45. The first-order valence-electron chi connectivity index (χ1n) is 4.82. The average molecular weight is 228 g/mol. The van der Waals surface area contributed by atoms with Crippen LogP contribution in [0.2, 0.25) is 0 Å². The third-order valence-electron chi connectivity index (χ3n) is 3.07. The Labute approximate surface area is 88.7 Å². The lowest BCUT2D eigenvalue weighted by molar-refractivity contribution is -0.133. The van der Waals surface area contributed by atoms with Gasteiger partial charge in [0.1, 0.15) is 6.04 Å². The second kappa shape index (κ2) is 2.73. The molecule has 2 fully saturated rings. The van der Waals surface area contributed by atoms with Gasteiger partial charge in [-0.25, -0.2) is 12.7 Å². The van der Waals surface area contributed by atoms with Crippen LogP contribution in [0.25, 0.3) is 0 Å². The van der Waals surface area contributed by atoms with Crippen LogP contribution in [0.4, 0.5) is 0 Å². The molecule has 1 saturated carbocycles. The summed E-state index contributed by atoms with van der Waals surface area (Å²) in [6.45, 7) is 2.75. The molecule has 2 rings (SSSR count). The summed E-state index contributed by atoms with van der Waals surface area (Å²) in [6.07, 6.45) is 1.66. The predicted octanol–water partition coefficient (Wildman–Crippen LogP) is 0.239. The predicted molar refractivity (Wildman–Crippen MR) is 52.0 cm³/mol. The van der Waals surface area contributed by atoms with E-state index in [1.54, 1.807) is 0 Å². The lowest BCUT2D eigenvalue weighted by Crippen LogP contribution is -2.70. The first kappa shape index (κ1) is 10.4. The number of carbonyl (C=O) groups excluding carboxylic acids is 1. The van der Waals surface area contributed by atoms with Crippen molar-refractivity contribution in [1.82, 2.24) is 4.31 Å². The molecule has 1 saturated heterocycles. The van der Waals surface area contributed by atoms with E-state index in [1.807, 2.05) is 6.07 Å². The molecule has 0 aromatic carbocycles. The third-order valence-corrected chi connectivity index (χ3v) is 5.45. The summed E-state index contributed by atoms with van der Waals surface area (Å²) in [5.74, 6) is -0.411. The van der Waals surface area contributed by atoms with Crippen LogP contribution in [0, 0.1) is 17.2 Å². The number of rotatable bonds is 2. The molecule has 6 heteroatoms. The van der Waals surface area contributed by atoms with Crippen LogP contribution >= 0.6 is 0 Å². The quantitative estimate of drug-likeness (QED) is 0.678. The summed E-state index contributed by atoms with van der Waals surface area (Å²) in [4.78, 5) is 11.6. The zero-order valence-corrected chi connectivity index (χ0v) is 9.41. The minimum Gasteiger partial charge on any atom is -0.272 e. The van der Waals surface area contributed by atoms with E-state index in [4.69, 9.17) is 5.26 Å². The first-order valence-corrected chi connectivity index (χ1v) is 6.26. The highest BCUT2D eigenvalue weighted by Gasteiger charge is 2.64. The molecule has 0 bridgehead atoms. The maximum Gasteiger partial charge on any atom is 0.260 e. The van der Waals surface area contributed by atoms with Gasteiger partial charge < -0.3 is 0 Å². The maximum atomic E-state index is 11.8. The molecular formula is C9H12N2O3S. The van der Waals surface area contributed by atoms with Crippen LogP contribution in [-0.2, 0) is 14.8 Å². The Hall–Kier alpha value is -1.09. The molecule has 0 radical (unpaired) electrons. The van der Waals surface area contributed by atoms with Crippen molar-refractivity contribution in [3.05, 3.63) is 0 Å². The normalized spacial score (nSPS) is 29.1. The van der Waals surface area contributed by atoms with Gasteiger partial charge in [-0.1, -0.05) is 0 Å². The number of carbonyl (C=O) groups is 1. The van der Waals surface area contributed by atoms with E-state index < -0.39 is 26.7 Å². The monoisotopic (exact) mass is 228 g/mol. The molecule has 1 amide bonds. The summed E-state index contributed by atoms with van der Waals surface area (Å²) >= 11 is 0. The van der Waals surface area contributed by atoms with Crippen molar-refractivity contribution in [1.29, 1.82) is 5.26 Å². The molecule has 1 heterocycles. The highest BCUT2D eigenvalue weighted by molar-refractivity contribution is 7.94. The Kier molecular flexibility index (Phi) is 1.90. The van der Waals surface area contributed by atoms with Crippen molar-refractivity contribution in [2.24, 2.45) is 5.92 Å². The highest BCUT2D eigenvalue weighted by atomic mass is 32.2. The van der Waals surface area contributed by atoms with E-state index in [0.29, 0.717) is 0 Å². The van der Waals surface area contributed by atoms with E-state index in [2.05, 4.69) is 0 Å². The fourth-order valence-electron chi connectivity index (χ4n) is 1.73. The summed E-state index contributed by atoms with van der Waals surface area (Å²) in [6, 6.07) is 1.13. The minimum absolute atomic E-state index is 0.0461. The lowest BCUT2D eigenvalue weighted by atomic mass is 10.1. The van der Waals surface area contributed by atoms with Gasteiger partial charge in [-0.15, -0.1) is 0 Å². The van der Waals surface area contributed by atoms with Gasteiger partial charge in [0.25, 0.3) is 15.9 Å². The van der Waals surface area contributed by atoms with Crippen molar-refractivity contribution < 1.29 is 13.2 Å².